The van der Waals surface area contributed by atoms with Crippen molar-refractivity contribution in [3.8, 4) is 16.5 Å². The molecule has 3 aromatic rings. The van der Waals surface area contributed by atoms with E-state index in [-0.39, 0.29) is 6.04 Å². The fraction of sp³-hybridized carbons (Fsp3) is 0.389. The monoisotopic (exact) mass is 385 g/mol. The zero-order chi connectivity index (χ0) is 18.6. The number of likely N-dealkylation sites (tertiary alicyclic amines) is 1. The normalized spacial score (nSPS) is 18.9. The number of hydrogen-bond donors (Lipinski definition) is 0. The Hall–Kier alpha value is -2.65. The van der Waals surface area contributed by atoms with Crippen LogP contribution in [0, 0.1) is 6.92 Å². The van der Waals surface area contributed by atoms with Crippen LogP contribution in [0.15, 0.2) is 34.9 Å². The van der Waals surface area contributed by atoms with Gasteiger partial charge in [0, 0.05) is 6.54 Å². The summed E-state index contributed by atoms with van der Waals surface area (Å²) in [6.45, 7) is 2.58. The number of nitrogens with zero attached hydrogens (tertiary/aromatic N) is 5. The highest BCUT2D eigenvalue weighted by molar-refractivity contribution is 7.09. The van der Waals surface area contributed by atoms with Crippen LogP contribution in [0.4, 0.5) is 0 Å². The molecule has 1 aliphatic rings. The van der Waals surface area contributed by atoms with Gasteiger partial charge < -0.3 is 9.26 Å². The highest BCUT2D eigenvalue weighted by Gasteiger charge is 2.35. The number of aryl methyl sites for hydroxylation is 1. The number of piperidine rings is 1. The predicted octanol–water partition coefficient (Wildman–Crippen LogP) is 3.03. The van der Waals surface area contributed by atoms with E-state index in [1.54, 1.807) is 0 Å². The molecule has 2 atom stereocenters. The Bertz CT molecular complexity index is 897. The molecule has 2 aromatic heterocycles. The van der Waals surface area contributed by atoms with Crippen molar-refractivity contribution in [2.75, 3.05) is 6.54 Å². The first kappa shape index (κ1) is 17.7. The molecule has 140 valence electrons. The van der Waals surface area contributed by atoms with Crippen LogP contribution in [0.1, 0.15) is 36.9 Å². The number of rotatable bonds is 6. The second-order valence-electron chi connectivity index (χ2n) is 6.35. The lowest BCUT2D eigenvalue weighted by Crippen LogP contribution is -2.45. The number of para-hydroxylation sites is 1. The molecular weight excluding hydrogens is 366 g/mol. The highest BCUT2D eigenvalue weighted by Crippen LogP contribution is 2.33. The third-order valence-electron chi connectivity index (χ3n) is 4.57. The van der Waals surface area contributed by atoms with Gasteiger partial charge in [-0.3, -0.25) is 9.69 Å². The van der Waals surface area contributed by atoms with E-state index in [2.05, 4.69) is 19.7 Å². The first-order valence-electron chi connectivity index (χ1n) is 8.82. The molecule has 1 fully saturated rings. The van der Waals surface area contributed by atoms with Gasteiger partial charge in [0.1, 0.15) is 10.6 Å². The molecule has 8 nitrogen and oxygen atoms in total. The smallest absolute Gasteiger partial charge is 0.244 e. The minimum Gasteiger partial charge on any atom is -0.468 e. The molecule has 0 bridgehead atoms. The lowest BCUT2D eigenvalue weighted by Gasteiger charge is -2.36. The van der Waals surface area contributed by atoms with E-state index in [0.717, 1.165) is 42.7 Å². The minimum atomic E-state index is -0.708. The largest absolute Gasteiger partial charge is 0.468 e. The highest BCUT2D eigenvalue weighted by atomic mass is 32.1. The summed E-state index contributed by atoms with van der Waals surface area (Å²) in [4.78, 5) is 19.1. The molecule has 1 saturated heterocycles. The molecule has 0 amide bonds. The maximum absolute atomic E-state index is 11.8. The summed E-state index contributed by atoms with van der Waals surface area (Å²) in [5, 5.41) is 8.07. The summed E-state index contributed by atoms with van der Waals surface area (Å²) in [6, 6.07) is 9.16. The maximum atomic E-state index is 11.8. The van der Waals surface area contributed by atoms with Gasteiger partial charge in [-0.05, 0) is 43.4 Å². The van der Waals surface area contributed by atoms with Crippen molar-refractivity contribution in [2.45, 2.75) is 38.5 Å². The molecule has 0 aliphatic carbocycles. The summed E-state index contributed by atoms with van der Waals surface area (Å²) in [5.74, 6) is 1.62. The van der Waals surface area contributed by atoms with Crippen molar-refractivity contribution >= 4 is 17.8 Å². The zero-order valence-electron chi connectivity index (χ0n) is 14.8. The van der Waals surface area contributed by atoms with Crippen LogP contribution in [0.5, 0.6) is 5.75 Å². The van der Waals surface area contributed by atoms with Crippen LogP contribution in [-0.2, 0) is 4.79 Å². The predicted molar refractivity (Wildman–Crippen MR) is 98.2 cm³/mol. The van der Waals surface area contributed by atoms with Gasteiger partial charge >= 0.3 is 0 Å². The first-order chi connectivity index (χ1) is 13.3. The summed E-state index contributed by atoms with van der Waals surface area (Å²) < 4.78 is 15.4. The second kappa shape index (κ2) is 7.93. The average Bonchev–Trinajstić information content (AvgIpc) is 3.36. The molecule has 27 heavy (non-hydrogen) atoms. The van der Waals surface area contributed by atoms with Gasteiger partial charge in [0.25, 0.3) is 0 Å². The van der Waals surface area contributed by atoms with Crippen LogP contribution < -0.4 is 4.74 Å². The Morgan fingerprint density at radius 2 is 2.19 bits per heavy atom. The number of benzene rings is 1. The molecule has 9 heteroatoms. The number of carbonyl (C=O) groups excluding carboxylic acids is 1. The molecule has 1 aromatic carbocycles. The van der Waals surface area contributed by atoms with E-state index < -0.39 is 6.23 Å². The summed E-state index contributed by atoms with van der Waals surface area (Å²) >= 11 is 1.24. The standard InChI is InChI=1S/C18H19N5O3S/c1-12-16(27-22-20-12)17-19-18(26-21-17)14-9-5-6-10-23(14)15(11-24)25-13-7-3-2-4-8-13/h2-4,7-8,11,14-15H,5-6,9-10H2,1H3/t14?,15-/m1/s1. The van der Waals surface area contributed by atoms with Crippen molar-refractivity contribution in [3.05, 3.63) is 41.9 Å². The van der Waals surface area contributed by atoms with Gasteiger partial charge in [0.15, 0.2) is 6.29 Å². The number of aromatic nitrogens is 4. The van der Waals surface area contributed by atoms with E-state index in [1.165, 1.54) is 11.5 Å². The van der Waals surface area contributed by atoms with Crippen molar-refractivity contribution in [1.82, 2.24) is 24.6 Å². The molecule has 1 aliphatic heterocycles. The fourth-order valence-electron chi connectivity index (χ4n) is 3.24. The van der Waals surface area contributed by atoms with E-state index in [9.17, 15) is 4.79 Å². The van der Waals surface area contributed by atoms with Crippen LogP contribution >= 0.6 is 11.5 Å². The van der Waals surface area contributed by atoms with Crippen LogP contribution in [0.25, 0.3) is 10.7 Å². The first-order valence-corrected chi connectivity index (χ1v) is 9.59. The number of aldehydes is 1. The Labute approximate surface area is 160 Å². The third-order valence-corrected chi connectivity index (χ3v) is 5.39. The lowest BCUT2D eigenvalue weighted by atomic mass is 10.0. The zero-order valence-corrected chi connectivity index (χ0v) is 15.6. The van der Waals surface area contributed by atoms with Crippen LogP contribution in [-0.4, -0.2) is 43.7 Å². The molecule has 4 rings (SSSR count). The molecule has 0 radical (unpaired) electrons. The number of hydrogen-bond acceptors (Lipinski definition) is 9. The number of ether oxygens (including phenoxy) is 1. The van der Waals surface area contributed by atoms with Crippen LogP contribution in [0.3, 0.4) is 0 Å². The van der Waals surface area contributed by atoms with Gasteiger partial charge in [-0.2, -0.15) is 4.98 Å². The molecule has 3 heterocycles. The van der Waals surface area contributed by atoms with E-state index >= 15 is 0 Å². The SMILES string of the molecule is Cc1nnsc1-c1noc(C2CCCCN2[C@@H](C=O)Oc2ccccc2)n1. The van der Waals surface area contributed by atoms with Gasteiger partial charge in [-0.1, -0.05) is 34.3 Å². The van der Waals surface area contributed by atoms with Crippen molar-refractivity contribution < 1.29 is 14.1 Å². The maximum Gasteiger partial charge on any atom is 0.244 e. The Morgan fingerprint density at radius 3 is 2.93 bits per heavy atom. The summed E-state index contributed by atoms with van der Waals surface area (Å²) in [5.41, 5.74) is 0.769. The van der Waals surface area contributed by atoms with E-state index in [4.69, 9.17) is 9.26 Å². The molecular formula is C18H19N5O3S. The molecule has 0 N–H and O–H groups in total. The fourth-order valence-corrected chi connectivity index (χ4v) is 3.82. The van der Waals surface area contributed by atoms with Crippen molar-refractivity contribution in [2.24, 2.45) is 0 Å². The van der Waals surface area contributed by atoms with Gasteiger partial charge in [0.2, 0.25) is 17.9 Å². The topological polar surface area (TPSA) is 94.2 Å². The lowest BCUT2D eigenvalue weighted by molar-refractivity contribution is -0.126. The third kappa shape index (κ3) is 3.74. The van der Waals surface area contributed by atoms with E-state index in [0.29, 0.717) is 17.5 Å². The Morgan fingerprint density at radius 1 is 1.33 bits per heavy atom. The Balaban J connectivity index is 1.58. The summed E-state index contributed by atoms with van der Waals surface area (Å²) in [7, 11) is 0. The molecule has 0 saturated carbocycles. The van der Waals surface area contributed by atoms with Crippen LogP contribution in [0.2, 0.25) is 0 Å². The van der Waals surface area contributed by atoms with Crippen molar-refractivity contribution in [3.63, 3.8) is 0 Å². The quantitative estimate of drug-likeness (QED) is 0.598. The van der Waals surface area contributed by atoms with Gasteiger partial charge in [-0.15, -0.1) is 5.10 Å². The van der Waals surface area contributed by atoms with Gasteiger partial charge in [-0.25, -0.2) is 0 Å². The summed E-state index contributed by atoms with van der Waals surface area (Å²) in [6.07, 6.45) is 2.94. The van der Waals surface area contributed by atoms with E-state index in [1.807, 2.05) is 42.2 Å². The van der Waals surface area contributed by atoms with Crippen molar-refractivity contribution in [1.29, 1.82) is 0 Å². The molecule has 0 spiro atoms. The number of carbonyl (C=O) groups is 1. The minimum absolute atomic E-state index is 0.167. The second-order valence-corrected chi connectivity index (χ2v) is 7.10. The Kier molecular flexibility index (Phi) is 5.21. The molecule has 1 unspecified atom stereocenters. The average molecular weight is 385 g/mol. The van der Waals surface area contributed by atoms with Gasteiger partial charge in [0.05, 0.1) is 11.7 Å².